The van der Waals surface area contributed by atoms with Gasteiger partial charge in [0.15, 0.2) is 5.84 Å². The normalized spacial score (nSPS) is 11.2. The highest BCUT2D eigenvalue weighted by atomic mass is 19.1. The van der Waals surface area contributed by atoms with Crippen LogP contribution in [0.1, 0.15) is 5.56 Å². The molecule has 0 unspecified atom stereocenters. The van der Waals surface area contributed by atoms with Gasteiger partial charge >= 0.3 is 0 Å². The number of nitrogens with one attached hydrogen (secondary N) is 1. The van der Waals surface area contributed by atoms with Crippen LogP contribution >= 0.6 is 0 Å². The lowest BCUT2D eigenvalue weighted by Crippen LogP contribution is -2.13. The monoisotopic (exact) mass is 289 g/mol. The van der Waals surface area contributed by atoms with Gasteiger partial charge in [0.1, 0.15) is 18.2 Å². The summed E-state index contributed by atoms with van der Waals surface area (Å²) in [7, 11) is 0. The highest BCUT2D eigenvalue weighted by Gasteiger charge is 2.00. The number of ether oxygens (including phenoxy) is 1. The predicted octanol–water partition coefficient (Wildman–Crippen LogP) is 2.41. The Hall–Kier alpha value is -2.76. The van der Waals surface area contributed by atoms with Gasteiger partial charge in [0, 0.05) is 17.8 Å². The summed E-state index contributed by atoms with van der Waals surface area (Å²) in [4.78, 5) is 0. The van der Waals surface area contributed by atoms with Crippen LogP contribution in [0.5, 0.6) is 5.75 Å². The first kappa shape index (κ1) is 14.6. The molecule has 0 spiro atoms. The quantitative estimate of drug-likeness (QED) is 0.251. The van der Waals surface area contributed by atoms with E-state index in [0.717, 1.165) is 0 Å². The summed E-state index contributed by atoms with van der Waals surface area (Å²) in [6.45, 7) is 0.977. The van der Waals surface area contributed by atoms with Crippen LogP contribution in [0.2, 0.25) is 0 Å². The molecule has 0 aromatic heterocycles. The standard InChI is InChI=1S/C15H16FN3O2/c16-12-2-1-3-13(10-12)18-8-9-21-14-6-4-11(5-7-14)15(17)19-20/h1-7,10,18,20H,8-9H2,(H2,17,19). The average Bonchev–Trinajstić information content (AvgIpc) is 2.51. The van der Waals surface area contributed by atoms with Crippen LogP contribution in [0.25, 0.3) is 0 Å². The number of benzene rings is 2. The van der Waals surface area contributed by atoms with Gasteiger partial charge in [-0.1, -0.05) is 11.2 Å². The highest BCUT2D eigenvalue weighted by molar-refractivity contribution is 5.97. The fraction of sp³-hybridized carbons (Fsp3) is 0.133. The summed E-state index contributed by atoms with van der Waals surface area (Å²) in [5, 5.41) is 14.5. The SMILES string of the molecule is NC(=NO)c1ccc(OCCNc2cccc(F)c2)cc1. The number of nitrogens with two attached hydrogens (primary N) is 1. The zero-order valence-electron chi connectivity index (χ0n) is 11.3. The third-order valence-electron chi connectivity index (χ3n) is 2.78. The van der Waals surface area contributed by atoms with E-state index < -0.39 is 0 Å². The fourth-order valence-electron chi connectivity index (χ4n) is 1.74. The first-order valence-electron chi connectivity index (χ1n) is 6.39. The Morgan fingerprint density at radius 2 is 2.00 bits per heavy atom. The number of anilines is 1. The van der Waals surface area contributed by atoms with Gasteiger partial charge < -0.3 is 21.0 Å². The first-order valence-corrected chi connectivity index (χ1v) is 6.39. The molecule has 0 aliphatic carbocycles. The van der Waals surface area contributed by atoms with Crippen LogP contribution in [0.4, 0.5) is 10.1 Å². The summed E-state index contributed by atoms with van der Waals surface area (Å²) in [6.07, 6.45) is 0. The summed E-state index contributed by atoms with van der Waals surface area (Å²) >= 11 is 0. The van der Waals surface area contributed by atoms with Crippen LogP contribution < -0.4 is 15.8 Å². The minimum atomic E-state index is -0.278. The molecule has 5 nitrogen and oxygen atoms in total. The lowest BCUT2D eigenvalue weighted by molar-refractivity contribution is 0.318. The summed E-state index contributed by atoms with van der Waals surface area (Å²) < 4.78 is 18.5. The average molecular weight is 289 g/mol. The van der Waals surface area contributed by atoms with E-state index in [1.54, 1.807) is 36.4 Å². The summed E-state index contributed by atoms with van der Waals surface area (Å²) in [6, 6.07) is 13.1. The van der Waals surface area contributed by atoms with Crippen molar-refractivity contribution in [2.75, 3.05) is 18.5 Å². The molecule has 21 heavy (non-hydrogen) atoms. The van der Waals surface area contributed by atoms with E-state index in [4.69, 9.17) is 15.7 Å². The maximum Gasteiger partial charge on any atom is 0.170 e. The van der Waals surface area contributed by atoms with Crippen molar-refractivity contribution in [2.45, 2.75) is 0 Å². The first-order chi connectivity index (χ1) is 10.2. The molecule has 0 aliphatic heterocycles. The molecule has 0 fully saturated rings. The molecule has 0 bridgehead atoms. The van der Waals surface area contributed by atoms with Crippen molar-refractivity contribution in [3.63, 3.8) is 0 Å². The molecule has 0 radical (unpaired) electrons. The Kier molecular flexibility index (Phi) is 4.98. The van der Waals surface area contributed by atoms with Gasteiger partial charge in [0.05, 0.1) is 0 Å². The molecule has 0 saturated heterocycles. The van der Waals surface area contributed by atoms with Crippen molar-refractivity contribution in [3.8, 4) is 5.75 Å². The molecule has 6 heteroatoms. The van der Waals surface area contributed by atoms with Gasteiger partial charge in [-0.15, -0.1) is 0 Å². The molecule has 110 valence electrons. The Labute approximate surface area is 121 Å². The third kappa shape index (κ3) is 4.38. The lowest BCUT2D eigenvalue weighted by atomic mass is 10.2. The smallest absolute Gasteiger partial charge is 0.170 e. The number of halogens is 1. The van der Waals surface area contributed by atoms with E-state index >= 15 is 0 Å². The van der Waals surface area contributed by atoms with E-state index in [0.29, 0.717) is 30.2 Å². The summed E-state index contributed by atoms with van der Waals surface area (Å²) in [5.41, 5.74) is 6.78. The van der Waals surface area contributed by atoms with Crippen molar-refractivity contribution in [3.05, 3.63) is 59.9 Å². The van der Waals surface area contributed by atoms with Gasteiger partial charge in [0.2, 0.25) is 0 Å². The minimum Gasteiger partial charge on any atom is -0.492 e. The topological polar surface area (TPSA) is 79.9 Å². The second-order valence-electron chi connectivity index (χ2n) is 4.30. The third-order valence-corrected chi connectivity index (χ3v) is 2.78. The van der Waals surface area contributed by atoms with Gasteiger partial charge in [-0.3, -0.25) is 0 Å². The van der Waals surface area contributed by atoms with Crippen LogP contribution in [-0.4, -0.2) is 24.2 Å². The van der Waals surface area contributed by atoms with Crippen molar-refractivity contribution in [2.24, 2.45) is 10.9 Å². The van der Waals surface area contributed by atoms with Gasteiger partial charge in [-0.05, 0) is 42.5 Å². The molecule has 2 rings (SSSR count). The van der Waals surface area contributed by atoms with Crippen molar-refractivity contribution >= 4 is 11.5 Å². The largest absolute Gasteiger partial charge is 0.492 e. The Morgan fingerprint density at radius 3 is 2.67 bits per heavy atom. The van der Waals surface area contributed by atoms with E-state index in [-0.39, 0.29) is 11.7 Å². The Bertz CT molecular complexity index is 615. The molecular weight excluding hydrogens is 273 g/mol. The van der Waals surface area contributed by atoms with Gasteiger partial charge in [0.25, 0.3) is 0 Å². The molecule has 0 saturated carbocycles. The number of hydrogen-bond acceptors (Lipinski definition) is 4. The van der Waals surface area contributed by atoms with Crippen molar-refractivity contribution in [1.29, 1.82) is 0 Å². The van der Waals surface area contributed by atoms with Crippen LogP contribution in [0, 0.1) is 5.82 Å². The molecule has 0 heterocycles. The molecule has 0 aliphatic rings. The molecule has 0 atom stereocenters. The van der Waals surface area contributed by atoms with Crippen LogP contribution in [-0.2, 0) is 0 Å². The maximum atomic E-state index is 13.0. The number of rotatable bonds is 6. The Balaban J connectivity index is 1.78. The molecular formula is C15H16FN3O2. The fourth-order valence-corrected chi connectivity index (χ4v) is 1.74. The van der Waals surface area contributed by atoms with E-state index in [1.165, 1.54) is 12.1 Å². The van der Waals surface area contributed by atoms with E-state index in [9.17, 15) is 4.39 Å². The number of oxime groups is 1. The van der Waals surface area contributed by atoms with Gasteiger partial charge in [-0.2, -0.15) is 0 Å². The molecule has 2 aromatic carbocycles. The van der Waals surface area contributed by atoms with Crippen LogP contribution in [0.15, 0.2) is 53.7 Å². The van der Waals surface area contributed by atoms with E-state index in [2.05, 4.69) is 10.5 Å². The maximum absolute atomic E-state index is 13.0. The second-order valence-corrected chi connectivity index (χ2v) is 4.30. The predicted molar refractivity (Wildman–Crippen MR) is 79.3 cm³/mol. The van der Waals surface area contributed by atoms with Crippen molar-refractivity contribution < 1.29 is 14.3 Å². The lowest BCUT2D eigenvalue weighted by Gasteiger charge is -2.09. The second kappa shape index (κ2) is 7.14. The van der Waals surface area contributed by atoms with E-state index in [1.807, 2.05) is 0 Å². The summed E-state index contributed by atoms with van der Waals surface area (Å²) in [5.74, 6) is 0.444. The van der Waals surface area contributed by atoms with Crippen molar-refractivity contribution in [1.82, 2.24) is 0 Å². The minimum absolute atomic E-state index is 0.0503. The molecule has 0 amide bonds. The number of amidine groups is 1. The molecule has 4 N–H and O–H groups in total. The highest BCUT2D eigenvalue weighted by Crippen LogP contribution is 2.12. The number of hydrogen-bond donors (Lipinski definition) is 3. The Morgan fingerprint density at radius 1 is 1.24 bits per heavy atom. The van der Waals surface area contributed by atoms with Crippen LogP contribution in [0.3, 0.4) is 0 Å². The zero-order valence-corrected chi connectivity index (χ0v) is 11.3. The number of nitrogens with zero attached hydrogens (tertiary/aromatic N) is 1. The van der Waals surface area contributed by atoms with Gasteiger partial charge in [-0.25, -0.2) is 4.39 Å². The zero-order chi connectivity index (χ0) is 15.1. The molecule has 2 aromatic rings.